The summed E-state index contributed by atoms with van der Waals surface area (Å²) < 4.78 is 33.0. The number of aromatic nitrogens is 5. The summed E-state index contributed by atoms with van der Waals surface area (Å²) in [7, 11) is -0.875. The smallest absolute Gasteiger partial charge is 0.290 e. The lowest BCUT2D eigenvalue weighted by atomic mass is 10.3. The second kappa shape index (κ2) is 6.79. The van der Waals surface area contributed by atoms with Crippen LogP contribution in [0, 0.1) is 0 Å². The van der Waals surface area contributed by atoms with Gasteiger partial charge in [-0.05, 0) is 5.10 Å². The lowest BCUT2D eigenvalue weighted by molar-refractivity contribution is -0.742. The number of likely N-dealkylation sites (N-methyl/N-ethyl adjacent to an activating group) is 1. The van der Waals surface area contributed by atoms with E-state index in [1.165, 1.54) is 16.6 Å². The monoisotopic (exact) mass is 341 g/mol. The molecule has 0 radical (unpaired) electrons. The fraction of sp³-hybridized carbons (Fsp3) is 0.417. The molecule has 0 bridgehead atoms. The first-order chi connectivity index (χ1) is 10.7. The zero-order chi connectivity index (χ0) is 17.0. The van der Waals surface area contributed by atoms with Crippen molar-refractivity contribution in [2.75, 3.05) is 19.3 Å². The highest BCUT2D eigenvalue weighted by Crippen LogP contribution is 2.09. The van der Waals surface area contributed by atoms with Gasteiger partial charge in [-0.2, -0.15) is 13.5 Å². The SMILES string of the molecule is CN(CCS(=O)(=O)O)C(=O)C[n+]1ccc(-c2ncn(C)n2)cn1. The van der Waals surface area contributed by atoms with Gasteiger partial charge in [0.25, 0.3) is 22.6 Å². The molecule has 0 aromatic carbocycles. The third kappa shape index (κ3) is 5.07. The fourth-order valence-corrected chi connectivity index (χ4v) is 2.22. The number of hydrogen-bond donors (Lipinski definition) is 1. The zero-order valence-corrected chi connectivity index (χ0v) is 13.5. The summed E-state index contributed by atoms with van der Waals surface area (Å²) in [6.07, 6.45) is 4.73. The van der Waals surface area contributed by atoms with E-state index in [1.54, 1.807) is 36.5 Å². The molecule has 2 aromatic rings. The maximum Gasteiger partial charge on any atom is 0.290 e. The number of carbonyl (C=O) groups excluding carboxylic acids is 1. The molecule has 0 aliphatic heterocycles. The average molecular weight is 341 g/mol. The number of nitrogens with zero attached hydrogens (tertiary/aromatic N) is 6. The van der Waals surface area contributed by atoms with Crippen LogP contribution in [0.5, 0.6) is 0 Å². The van der Waals surface area contributed by atoms with Crippen LogP contribution in [0.4, 0.5) is 0 Å². The molecule has 23 heavy (non-hydrogen) atoms. The van der Waals surface area contributed by atoms with E-state index in [1.807, 2.05) is 0 Å². The minimum Gasteiger partial charge on any atom is -0.339 e. The van der Waals surface area contributed by atoms with Crippen LogP contribution in [-0.4, -0.2) is 63.0 Å². The van der Waals surface area contributed by atoms with Gasteiger partial charge >= 0.3 is 0 Å². The van der Waals surface area contributed by atoms with E-state index in [0.717, 1.165) is 0 Å². The topological polar surface area (TPSA) is 122 Å². The second-order valence-corrected chi connectivity index (χ2v) is 6.53. The van der Waals surface area contributed by atoms with Crippen molar-refractivity contribution in [3.05, 3.63) is 24.8 Å². The van der Waals surface area contributed by atoms with Gasteiger partial charge in [0.15, 0.2) is 12.0 Å². The van der Waals surface area contributed by atoms with Crippen molar-refractivity contribution in [3.63, 3.8) is 0 Å². The number of aryl methyl sites for hydroxylation is 1. The Labute approximate surface area is 133 Å². The number of hydrogen-bond acceptors (Lipinski definition) is 6. The molecule has 0 saturated heterocycles. The van der Waals surface area contributed by atoms with Crippen LogP contribution in [0.2, 0.25) is 0 Å². The van der Waals surface area contributed by atoms with Crippen molar-refractivity contribution in [1.82, 2.24) is 24.8 Å². The molecule has 0 spiro atoms. The van der Waals surface area contributed by atoms with Gasteiger partial charge in [-0.1, -0.05) is 4.68 Å². The first-order valence-electron chi connectivity index (χ1n) is 6.65. The molecule has 0 saturated carbocycles. The molecular weight excluding hydrogens is 324 g/mol. The molecule has 0 aliphatic carbocycles. The van der Waals surface area contributed by atoms with Gasteiger partial charge in [-0.15, -0.1) is 0 Å². The Bertz CT molecular complexity index is 786. The molecule has 2 heterocycles. The zero-order valence-electron chi connectivity index (χ0n) is 12.7. The normalized spacial score (nSPS) is 11.4. The van der Waals surface area contributed by atoms with Crippen molar-refractivity contribution in [2.24, 2.45) is 7.05 Å². The molecule has 124 valence electrons. The Balaban J connectivity index is 1.96. The standard InChI is InChI=1S/C12H16N6O4S/c1-16(5-6-23(20,21)22)11(19)8-18-4-3-10(7-14-18)12-13-9-17(2)15-12/h3-4,7,9H,5-6,8H2,1-2H3/p+1. The van der Waals surface area contributed by atoms with Gasteiger partial charge < -0.3 is 4.90 Å². The Kier molecular flexibility index (Phi) is 5.01. The quantitative estimate of drug-likeness (QED) is 0.502. The molecule has 2 rings (SSSR count). The Morgan fingerprint density at radius 2 is 2.22 bits per heavy atom. The Hall–Kier alpha value is -2.40. The molecule has 10 nitrogen and oxygen atoms in total. The predicted molar refractivity (Wildman–Crippen MR) is 78.5 cm³/mol. The van der Waals surface area contributed by atoms with Crippen molar-refractivity contribution in [1.29, 1.82) is 0 Å². The summed E-state index contributed by atoms with van der Waals surface area (Å²) in [6.45, 7) is -0.133. The first kappa shape index (κ1) is 17.0. The van der Waals surface area contributed by atoms with Crippen LogP contribution in [0.1, 0.15) is 0 Å². The molecule has 0 unspecified atom stereocenters. The minimum absolute atomic E-state index is 0.0437. The molecule has 2 aromatic heterocycles. The highest BCUT2D eigenvalue weighted by molar-refractivity contribution is 7.85. The third-order valence-electron chi connectivity index (χ3n) is 3.04. The van der Waals surface area contributed by atoms with Crippen LogP contribution >= 0.6 is 0 Å². The van der Waals surface area contributed by atoms with Gasteiger partial charge in [-0.25, -0.2) is 4.98 Å². The number of rotatable bonds is 6. The summed E-state index contributed by atoms with van der Waals surface area (Å²) in [6, 6.07) is 1.73. The van der Waals surface area contributed by atoms with Crippen molar-refractivity contribution >= 4 is 16.0 Å². The van der Waals surface area contributed by atoms with Crippen LogP contribution < -0.4 is 4.68 Å². The van der Waals surface area contributed by atoms with Gasteiger partial charge in [0, 0.05) is 26.7 Å². The fourth-order valence-electron chi connectivity index (χ4n) is 1.72. The van der Waals surface area contributed by atoms with E-state index < -0.39 is 15.9 Å². The highest BCUT2D eigenvalue weighted by Gasteiger charge is 2.18. The summed E-state index contributed by atoms with van der Waals surface area (Å²) in [5.41, 5.74) is 0.717. The maximum absolute atomic E-state index is 11.9. The summed E-state index contributed by atoms with van der Waals surface area (Å²) in [4.78, 5) is 17.3. The largest absolute Gasteiger partial charge is 0.339 e. The molecule has 0 atom stereocenters. The molecular formula is C12H17N6O4S+. The minimum atomic E-state index is -4.09. The van der Waals surface area contributed by atoms with Crippen LogP contribution in [0.25, 0.3) is 11.4 Å². The van der Waals surface area contributed by atoms with Gasteiger partial charge in [0.05, 0.1) is 11.3 Å². The molecule has 0 fully saturated rings. The van der Waals surface area contributed by atoms with Gasteiger partial charge in [0.1, 0.15) is 12.5 Å². The summed E-state index contributed by atoms with van der Waals surface area (Å²) in [5.74, 6) is -0.295. The van der Waals surface area contributed by atoms with Crippen LogP contribution in [0.3, 0.4) is 0 Å². The second-order valence-electron chi connectivity index (χ2n) is 4.96. The van der Waals surface area contributed by atoms with Crippen molar-refractivity contribution in [3.8, 4) is 11.4 Å². The molecule has 1 amide bonds. The Morgan fingerprint density at radius 1 is 1.48 bits per heavy atom. The van der Waals surface area contributed by atoms with E-state index in [2.05, 4.69) is 15.2 Å². The molecule has 0 aliphatic rings. The summed E-state index contributed by atoms with van der Waals surface area (Å²) in [5, 5.41) is 8.26. The molecule has 11 heteroatoms. The van der Waals surface area contributed by atoms with Gasteiger partial charge in [-0.3, -0.25) is 14.0 Å². The van der Waals surface area contributed by atoms with E-state index in [0.29, 0.717) is 11.4 Å². The van der Waals surface area contributed by atoms with Crippen LogP contribution in [-0.2, 0) is 28.5 Å². The third-order valence-corrected chi connectivity index (χ3v) is 3.74. The predicted octanol–water partition coefficient (Wildman–Crippen LogP) is -1.49. The average Bonchev–Trinajstić information content (AvgIpc) is 2.91. The molecule has 1 N–H and O–H groups in total. The van der Waals surface area contributed by atoms with Crippen molar-refractivity contribution in [2.45, 2.75) is 6.54 Å². The Morgan fingerprint density at radius 3 is 2.74 bits per heavy atom. The summed E-state index contributed by atoms with van der Waals surface area (Å²) >= 11 is 0. The van der Waals surface area contributed by atoms with E-state index in [4.69, 9.17) is 4.55 Å². The first-order valence-corrected chi connectivity index (χ1v) is 8.26. The van der Waals surface area contributed by atoms with Crippen LogP contribution in [0.15, 0.2) is 24.8 Å². The number of amides is 1. The number of carbonyl (C=O) groups is 1. The highest BCUT2D eigenvalue weighted by atomic mass is 32.2. The maximum atomic E-state index is 11.9. The van der Waals surface area contributed by atoms with E-state index >= 15 is 0 Å². The van der Waals surface area contributed by atoms with Crippen molar-refractivity contribution < 1.29 is 22.4 Å². The lowest BCUT2D eigenvalue weighted by Crippen LogP contribution is -2.46. The van der Waals surface area contributed by atoms with E-state index in [-0.39, 0.29) is 19.0 Å². The van der Waals surface area contributed by atoms with Gasteiger partial charge in [0.2, 0.25) is 0 Å². The van der Waals surface area contributed by atoms with E-state index in [9.17, 15) is 13.2 Å². The lowest BCUT2D eigenvalue weighted by Gasteiger charge is -2.13.